The van der Waals surface area contributed by atoms with Crippen LogP contribution in [0.4, 0.5) is 0 Å². The van der Waals surface area contributed by atoms with Crippen molar-refractivity contribution in [2.45, 2.75) is 67.2 Å². The molecular weight excluding hydrogens is 196 g/mol. The molecule has 0 saturated heterocycles. The van der Waals surface area contributed by atoms with E-state index >= 15 is 0 Å². The SMILES string of the molecule is CC(C)C[C@@]1(C)C[C@@H](C(C)(C)C)CCC1=O. The number of ketones is 1. The van der Waals surface area contributed by atoms with Gasteiger partial charge in [0, 0.05) is 11.8 Å². The predicted octanol–water partition coefficient (Wildman–Crippen LogP) is 4.45. The Labute approximate surface area is 101 Å². The van der Waals surface area contributed by atoms with Crippen molar-refractivity contribution in [3.63, 3.8) is 0 Å². The summed E-state index contributed by atoms with van der Waals surface area (Å²) < 4.78 is 0. The number of Topliss-reactive ketones (excluding diaryl/α,β-unsaturated/α-hetero) is 1. The van der Waals surface area contributed by atoms with Crippen molar-refractivity contribution in [3.05, 3.63) is 0 Å². The Morgan fingerprint density at radius 3 is 2.38 bits per heavy atom. The molecule has 1 heteroatoms. The van der Waals surface area contributed by atoms with E-state index in [-0.39, 0.29) is 5.41 Å². The highest BCUT2D eigenvalue weighted by Gasteiger charge is 2.42. The molecule has 0 unspecified atom stereocenters. The standard InChI is InChI=1S/C15H28O/c1-11(2)9-15(6)10-12(14(3,4)5)7-8-13(15)16/h11-12H,7-10H2,1-6H3/t12-,15-/m0/s1. The zero-order chi connectivity index (χ0) is 12.6. The summed E-state index contributed by atoms with van der Waals surface area (Å²) >= 11 is 0. The molecule has 0 amide bonds. The van der Waals surface area contributed by atoms with Crippen molar-refractivity contribution in [1.29, 1.82) is 0 Å². The van der Waals surface area contributed by atoms with E-state index in [1.807, 2.05) is 0 Å². The number of hydrogen-bond acceptors (Lipinski definition) is 1. The third kappa shape index (κ3) is 3.09. The number of rotatable bonds is 2. The minimum Gasteiger partial charge on any atom is -0.299 e. The lowest BCUT2D eigenvalue weighted by Gasteiger charge is -2.43. The van der Waals surface area contributed by atoms with E-state index in [2.05, 4.69) is 41.5 Å². The third-order valence-electron chi connectivity index (χ3n) is 4.17. The molecule has 0 spiro atoms. The minimum absolute atomic E-state index is 0.0512. The van der Waals surface area contributed by atoms with Crippen LogP contribution in [0.3, 0.4) is 0 Å². The van der Waals surface area contributed by atoms with E-state index in [1.165, 1.54) is 0 Å². The van der Waals surface area contributed by atoms with Gasteiger partial charge in [-0.05, 0) is 36.5 Å². The van der Waals surface area contributed by atoms with Crippen LogP contribution in [-0.4, -0.2) is 5.78 Å². The summed E-state index contributed by atoms with van der Waals surface area (Å²) in [6.07, 6.45) is 4.03. The quantitative estimate of drug-likeness (QED) is 0.677. The molecule has 1 nitrogen and oxygen atoms in total. The molecular formula is C15H28O. The van der Waals surface area contributed by atoms with Crippen LogP contribution in [0.15, 0.2) is 0 Å². The molecule has 0 radical (unpaired) electrons. The molecule has 1 aliphatic carbocycles. The maximum Gasteiger partial charge on any atom is 0.138 e. The van der Waals surface area contributed by atoms with Crippen LogP contribution >= 0.6 is 0 Å². The van der Waals surface area contributed by atoms with E-state index in [4.69, 9.17) is 0 Å². The first-order chi connectivity index (χ1) is 7.15. The average molecular weight is 224 g/mol. The highest BCUT2D eigenvalue weighted by atomic mass is 16.1. The van der Waals surface area contributed by atoms with Gasteiger partial charge in [-0.3, -0.25) is 4.79 Å². The van der Waals surface area contributed by atoms with Gasteiger partial charge < -0.3 is 0 Å². The second-order valence-electron chi connectivity index (χ2n) is 7.39. The molecule has 94 valence electrons. The van der Waals surface area contributed by atoms with Crippen molar-refractivity contribution in [2.24, 2.45) is 22.7 Å². The van der Waals surface area contributed by atoms with Gasteiger partial charge in [-0.25, -0.2) is 0 Å². The predicted molar refractivity (Wildman–Crippen MR) is 69.4 cm³/mol. The lowest BCUT2D eigenvalue weighted by molar-refractivity contribution is -0.134. The van der Waals surface area contributed by atoms with Crippen LogP contribution in [0.5, 0.6) is 0 Å². The van der Waals surface area contributed by atoms with E-state index in [9.17, 15) is 4.79 Å². The molecule has 0 aromatic rings. The van der Waals surface area contributed by atoms with E-state index in [0.717, 1.165) is 25.7 Å². The second-order valence-corrected chi connectivity index (χ2v) is 7.39. The number of hydrogen-bond donors (Lipinski definition) is 0. The van der Waals surface area contributed by atoms with E-state index in [1.54, 1.807) is 0 Å². The van der Waals surface area contributed by atoms with Gasteiger partial charge in [0.1, 0.15) is 5.78 Å². The summed E-state index contributed by atoms with van der Waals surface area (Å²) in [7, 11) is 0. The third-order valence-corrected chi connectivity index (χ3v) is 4.17. The lowest BCUT2D eigenvalue weighted by Crippen LogP contribution is -2.40. The average Bonchev–Trinajstić information content (AvgIpc) is 2.06. The van der Waals surface area contributed by atoms with Gasteiger partial charge in [-0.1, -0.05) is 41.5 Å². The fraction of sp³-hybridized carbons (Fsp3) is 0.933. The van der Waals surface area contributed by atoms with Crippen LogP contribution in [0, 0.1) is 22.7 Å². The molecule has 0 bridgehead atoms. The van der Waals surface area contributed by atoms with Crippen molar-refractivity contribution >= 4 is 5.78 Å². The van der Waals surface area contributed by atoms with Crippen LogP contribution < -0.4 is 0 Å². The molecule has 1 fully saturated rings. The first-order valence-corrected chi connectivity index (χ1v) is 6.68. The van der Waals surface area contributed by atoms with Gasteiger partial charge in [0.15, 0.2) is 0 Å². The summed E-state index contributed by atoms with van der Waals surface area (Å²) in [5, 5.41) is 0. The lowest BCUT2D eigenvalue weighted by atomic mass is 9.61. The van der Waals surface area contributed by atoms with Crippen LogP contribution in [-0.2, 0) is 4.79 Å². The summed E-state index contributed by atoms with van der Waals surface area (Å²) in [5.41, 5.74) is 0.295. The van der Waals surface area contributed by atoms with Gasteiger partial charge >= 0.3 is 0 Å². The molecule has 0 aromatic carbocycles. The Morgan fingerprint density at radius 2 is 1.94 bits per heavy atom. The van der Waals surface area contributed by atoms with Crippen LogP contribution in [0.2, 0.25) is 0 Å². The Bertz CT molecular complexity index is 259. The number of carbonyl (C=O) groups is 1. The molecule has 0 heterocycles. The van der Waals surface area contributed by atoms with E-state index in [0.29, 0.717) is 23.0 Å². The molecule has 16 heavy (non-hydrogen) atoms. The Kier molecular flexibility index (Phi) is 3.87. The molecule has 0 N–H and O–H groups in total. The van der Waals surface area contributed by atoms with Crippen molar-refractivity contribution in [2.75, 3.05) is 0 Å². The van der Waals surface area contributed by atoms with Gasteiger partial charge in [-0.15, -0.1) is 0 Å². The highest BCUT2D eigenvalue weighted by molar-refractivity contribution is 5.85. The van der Waals surface area contributed by atoms with Crippen molar-refractivity contribution < 1.29 is 4.79 Å². The monoisotopic (exact) mass is 224 g/mol. The fourth-order valence-corrected chi connectivity index (χ4v) is 3.20. The highest BCUT2D eigenvalue weighted by Crippen LogP contribution is 2.46. The van der Waals surface area contributed by atoms with Gasteiger partial charge in [0.2, 0.25) is 0 Å². The first kappa shape index (κ1) is 13.7. The maximum atomic E-state index is 12.1. The first-order valence-electron chi connectivity index (χ1n) is 6.68. The van der Waals surface area contributed by atoms with Crippen molar-refractivity contribution in [1.82, 2.24) is 0 Å². The largest absolute Gasteiger partial charge is 0.299 e. The van der Waals surface area contributed by atoms with Gasteiger partial charge in [0.25, 0.3) is 0 Å². The summed E-state index contributed by atoms with van der Waals surface area (Å²) in [6, 6.07) is 0. The second kappa shape index (κ2) is 4.50. The maximum absolute atomic E-state index is 12.1. The normalized spacial score (nSPS) is 32.2. The van der Waals surface area contributed by atoms with E-state index < -0.39 is 0 Å². The molecule has 1 rings (SSSR count). The van der Waals surface area contributed by atoms with Crippen molar-refractivity contribution in [3.8, 4) is 0 Å². The molecule has 0 aliphatic heterocycles. The molecule has 1 saturated carbocycles. The fourth-order valence-electron chi connectivity index (χ4n) is 3.20. The summed E-state index contributed by atoms with van der Waals surface area (Å²) in [5.74, 6) is 1.82. The Hall–Kier alpha value is -0.330. The van der Waals surface area contributed by atoms with Gasteiger partial charge in [-0.2, -0.15) is 0 Å². The van der Waals surface area contributed by atoms with Gasteiger partial charge in [0.05, 0.1) is 0 Å². The van der Waals surface area contributed by atoms with Crippen LogP contribution in [0.1, 0.15) is 67.2 Å². The molecule has 1 aliphatic rings. The Balaban J connectivity index is 2.79. The summed E-state index contributed by atoms with van der Waals surface area (Å²) in [4.78, 5) is 12.1. The number of carbonyl (C=O) groups excluding carboxylic acids is 1. The zero-order valence-electron chi connectivity index (χ0n) is 11.9. The molecule has 2 atom stereocenters. The topological polar surface area (TPSA) is 17.1 Å². The van der Waals surface area contributed by atoms with Crippen LogP contribution in [0.25, 0.3) is 0 Å². The summed E-state index contributed by atoms with van der Waals surface area (Å²) in [6.45, 7) is 13.6. The minimum atomic E-state index is -0.0512. The zero-order valence-corrected chi connectivity index (χ0v) is 11.9. The molecule has 0 aromatic heterocycles. The Morgan fingerprint density at radius 1 is 1.38 bits per heavy atom. The smallest absolute Gasteiger partial charge is 0.138 e.